The minimum atomic E-state index is -0.442. The zero-order valence-corrected chi connectivity index (χ0v) is 17.9. The number of carbonyl (C=O) groups excluding carboxylic acids is 2. The molecule has 33 heavy (non-hydrogen) atoms. The predicted octanol–water partition coefficient (Wildman–Crippen LogP) is 4.60. The van der Waals surface area contributed by atoms with Crippen molar-refractivity contribution >= 4 is 34.2 Å². The Balaban J connectivity index is 1.37. The summed E-state index contributed by atoms with van der Waals surface area (Å²) in [6.07, 6.45) is 2.05. The average molecular weight is 443 g/mol. The van der Waals surface area contributed by atoms with Gasteiger partial charge in [0.1, 0.15) is 23.1 Å². The number of nitrogens with zero attached hydrogens (tertiary/aromatic N) is 2. The number of rotatable bonds is 6. The van der Waals surface area contributed by atoms with Crippen LogP contribution in [0.5, 0.6) is 0 Å². The number of hydrogen-bond acceptors (Lipinski definition) is 7. The largest absolute Gasteiger partial charge is 0.467 e. The second-order valence-electron chi connectivity index (χ2n) is 7.59. The summed E-state index contributed by atoms with van der Waals surface area (Å²) >= 11 is 0. The van der Waals surface area contributed by atoms with Crippen molar-refractivity contribution in [3.05, 3.63) is 90.1 Å². The number of hydrazone groups is 1. The van der Waals surface area contributed by atoms with Crippen molar-refractivity contribution in [2.24, 2.45) is 5.10 Å². The van der Waals surface area contributed by atoms with Crippen LogP contribution in [0.3, 0.4) is 0 Å². The summed E-state index contributed by atoms with van der Waals surface area (Å²) in [4.78, 5) is 24.9. The summed E-state index contributed by atoms with van der Waals surface area (Å²) in [7, 11) is 1.33. The number of benzene rings is 2. The first-order chi connectivity index (χ1) is 16.1. The predicted molar refractivity (Wildman–Crippen MR) is 122 cm³/mol. The van der Waals surface area contributed by atoms with Crippen LogP contribution in [0.1, 0.15) is 34.3 Å². The standard InChI is InChI=1S/C25H21N3O5/c1-31-25(30)17-7-4-8-18(12-17)26-15-24(29)28-20(22-10-5-11-32-22)14-19(27-28)23-13-16-6-2-3-9-21(16)33-23/h2-13,20,26H,14-15H2,1H3. The minimum Gasteiger partial charge on any atom is -0.467 e. The molecule has 1 N–H and O–H groups in total. The maximum Gasteiger partial charge on any atom is 0.337 e. The van der Waals surface area contributed by atoms with Crippen molar-refractivity contribution in [1.82, 2.24) is 5.01 Å². The second kappa shape index (κ2) is 8.66. The molecule has 5 rings (SSSR count). The number of hydrogen-bond donors (Lipinski definition) is 1. The first kappa shape index (κ1) is 20.6. The fraction of sp³-hybridized carbons (Fsp3) is 0.160. The van der Waals surface area contributed by atoms with Gasteiger partial charge in [0.2, 0.25) is 0 Å². The molecule has 0 fully saturated rings. The Hall–Kier alpha value is -4.33. The molecular weight excluding hydrogens is 422 g/mol. The topological polar surface area (TPSA) is 97.3 Å². The highest BCUT2D eigenvalue weighted by atomic mass is 16.5. The molecule has 166 valence electrons. The van der Waals surface area contributed by atoms with E-state index in [0.29, 0.717) is 34.9 Å². The van der Waals surface area contributed by atoms with Crippen molar-refractivity contribution in [2.75, 3.05) is 19.0 Å². The highest BCUT2D eigenvalue weighted by Crippen LogP contribution is 2.34. The SMILES string of the molecule is COC(=O)c1cccc(NCC(=O)N2N=C(c3cc4ccccc4o3)CC2c2ccco2)c1. The molecular formula is C25H21N3O5. The lowest BCUT2D eigenvalue weighted by molar-refractivity contribution is -0.131. The number of para-hydroxylation sites is 1. The van der Waals surface area contributed by atoms with E-state index in [-0.39, 0.29) is 18.5 Å². The van der Waals surface area contributed by atoms with Gasteiger partial charge in [-0.15, -0.1) is 0 Å². The lowest BCUT2D eigenvalue weighted by Crippen LogP contribution is -2.32. The summed E-state index contributed by atoms with van der Waals surface area (Å²) in [6.45, 7) is -0.0151. The van der Waals surface area contributed by atoms with E-state index in [1.54, 1.807) is 36.6 Å². The third-order valence-corrected chi connectivity index (χ3v) is 5.47. The van der Waals surface area contributed by atoms with Gasteiger partial charge in [0.05, 0.1) is 25.5 Å². The summed E-state index contributed by atoms with van der Waals surface area (Å²) in [5.74, 6) is 0.584. The average Bonchev–Trinajstić information content (AvgIpc) is 3.60. The molecule has 0 spiro atoms. The van der Waals surface area contributed by atoms with Crippen LogP contribution in [-0.2, 0) is 9.53 Å². The van der Waals surface area contributed by atoms with Crippen LogP contribution in [0.4, 0.5) is 5.69 Å². The van der Waals surface area contributed by atoms with Gasteiger partial charge in [-0.25, -0.2) is 9.80 Å². The molecule has 1 aliphatic heterocycles. The van der Waals surface area contributed by atoms with Gasteiger partial charge in [-0.3, -0.25) is 4.79 Å². The quantitative estimate of drug-likeness (QED) is 0.438. The van der Waals surface area contributed by atoms with E-state index >= 15 is 0 Å². The number of carbonyl (C=O) groups is 2. The first-order valence-electron chi connectivity index (χ1n) is 10.5. The van der Waals surface area contributed by atoms with Gasteiger partial charge < -0.3 is 18.9 Å². The van der Waals surface area contributed by atoms with Crippen molar-refractivity contribution < 1.29 is 23.2 Å². The summed E-state index contributed by atoms with van der Waals surface area (Å²) in [6, 6.07) is 19.7. The number of esters is 1. The molecule has 4 aromatic rings. The fourth-order valence-electron chi connectivity index (χ4n) is 3.85. The van der Waals surface area contributed by atoms with E-state index in [4.69, 9.17) is 13.6 Å². The van der Waals surface area contributed by atoms with E-state index in [2.05, 4.69) is 10.4 Å². The van der Waals surface area contributed by atoms with Crippen LogP contribution in [0.25, 0.3) is 11.0 Å². The molecule has 0 bridgehead atoms. The maximum atomic E-state index is 13.1. The van der Waals surface area contributed by atoms with Gasteiger partial charge in [-0.1, -0.05) is 24.3 Å². The Bertz CT molecular complexity index is 1310. The van der Waals surface area contributed by atoms with Crippen LogP contribution in [0.2, 0.25) is 0 Å². The molecule has 1 unspecified atom stereocenters. The third kappa shape index (κ3) is 4.10. The van der Waals surface area contributed by atoms with E-state index in [9.17, 15) is 9.59 Å². The lowest BCUT2D eigenvalue weighted by atomic mass is 10.1. The summed E-state index contributed by atoms with van der Waals surface area (Å²) in [5.41, 5.74) is 2.46. The minimum absolute atomic E-state index is 0.0151. The van der Waals surface area contributed by atoms with E-state index in [0.717, 1.165) is 11.0 Å². The lowest BCUT2D eigenvalue weighted by Gasteiger charge is -2.20. The second-order valence-corrected chi connectivity index (χ2v) is 7.59. The number of methoxy groups -OCH3 is 1. The molecule has 2 aromatic heterocycles. The molecule has 8 heteroatoms. The monoisotopic (exact) mass is 443 g/mol. The summed E-state index contributed by atoms with van der Waals surface area (Å²) in [5, 5.41) is 10.1. The third-order valence-electron chi connectivity index (χ3n) is 5.47. The molecule has 8 nitrogen and oxygen atoms in total. The van der Waals surface area contributed by atoms with E-state index in [1.807, 2.05) is 36.4 Å². The molecule has 1 amide bonds. The van der Waals surface area contributed by atoms with Crippen molar-refractivity contribution in [3.8, 4) is 0 Å². The van der Waals surface area contributed by atoms with Crippen LogP contribution in [-0.4, -0.2) is 36.3 Å². The van der Waals surface area contributed by atoms with Gasteiger partial charge in [0.25, 0.3) is 5.91 Å². The zero-order chi connectivity index (χ0) is 22.8. The molecule has 2 aromatic carbocycles. The van der Waals surface area contributed by atoms with Gasteiger partial charge in [-0.05, 0) is 42.5 Å². The first-order valence-corrected chi connectivity index (χ1v) is 10.5. The van der Waals surface area contributed by atoms with Crippen LogP contribution < -0.4 is 5.32 Å². The van der Waals surface area contributed by atoms with Crippen LogP contribution >= 0.6 is 0 Å². The highest BCUT2D eigenvalue weighted by Gasteiger charge is 2.35. The Morgan fingerprint density at radius 1 is 1.12 bits per heavy atom. The van der Waals surface area contributed by atoms with Gasteiger partial charge in [0.15, 0.2) is 5.76 Å². The Morgan fingerprint density at radius 3 is 2.79 bits per heavy atom. The highest BCUT2D eigenvalue weighted by molar-refractivity contribution is 6.03. The molecule has 0 saturated heterocycles. The summed E-state index contributed by atoms with van der Waals surface area (Å²) < 4.78 is 16.3. The van der Waals surface area contributed by atoms with Gasteiger partial charge in [0, 0.05) is 17.5 Å². The Labute approximate surface area is 189 Å². The molecule has 3 heterocycles. The number of ether oxygens (including phenoxy) is 1. The number of furan rings is 2. The van der Waals surface area contributed by atoms with Crippen molar-refractivity contribution in [2.45, 2.75) is 12.5 Å². The van der Waals surface area contributed by atoms with Crippen LogP contribution in [0.15, 0.2) is 86.9 Å². The maximum absolute atomic E-state index is 13.1. The smallest absolute Gasteiger partial charge is 0.337 e. The van der Waals surface area contributed by atoms with Gasteiger partial charge in [-0.2, -0.15) is 5.10 Å². The van der Waals surface area contributed by atoms with Crippen molar-refractivity contribution in [1.29, 1.82) is 0 Å². The number of amides is 1. The molecule has 0 aliphatic carbocycles. The molecule has 1 aliphatic rings. The number of nitrogens with one attached hydrogen (secondary N) is 1. The Kier molecular flexibility index (Phi) is 5.40. The molecule has 0 saturated carbocycles. The molecule has 1 atom stereocenters. The number of anilines is 1. The van der Waals surface area contributed by atoms with E-state index in [1.165, 1.54) is 12.1 Å². The van der Waals surface area contributed by atoms with Gasteiger partial charge >= 0.3 is 5.97 Å². The molecule has 0 radical (unpaired) electrons. The van der Waals surface area contributed by atoms with Crippen LogP contribution in [0, 0.1) is 0 Å². The van der Waals surface area contributed by atoms with Crippen molar-refractivity contribution in [3.63, 3.8) is 0 Å². The normalized spacial score (nSPS) is 15.5. The Morgan fingerprint density at radius 2 is 2.00 bits per heavy atom. The number of fused-ring (bicyclic) bond motifs is 1. The van der Waals surface area contributed by atoms with E-state index < -0.39 is 5.97 Å². The zero-order valence-electron chi connectivity index (χ0n) is 17.9. The fourth-order valence-corrected chi connectivity index (χ4v) is 3.85.